The first kappa shape index (κ1) is 18.3. The van der Waals surface area contributed by atoms with E-state index in [0.717, 1.165) is 27.1 Å². The Kier molecular flexibility index (Phi) is 5.79. The third kappa shape index (κ3) is 3.68. The molecule has 0 atom stereocenters. The van der Waals surface area contributed by atoms with Gasteiger partial charge in [-0.3, -0.25) is 10.2 Å². The highest BCUT2D eigenvalue weighted by Crippen LogP contribution is 2.35. The number of carbonyl (C=O) groups is 1. The van der Waals surface area contributed by atoms with Crippen LogP contribution in [0.15, 0.2) is 41.8 Å². The van der Waals surface area contributed by atoms with E-state index < -0.39 is 5.91 Å². The fourth-order valence-electron chi connectivity index (χ4n) is 2.64. The van der Waals surface area contributed by atoms with Gasteiger partial charge in [0.1, 0.15) is 23.1 Å². The van der Waals surface area contributed by atoms with Crippen molar-refractivity contribution < 1.29 is 9.53 Å². The van der Waals surface area contributed by atoms with Gasteiger partial charge in [0.25, 0.3) is 5.91 Å². The number of likely N-dealkylation sites (N-methyl/N-ethyl adjacent to an activating group) is 2. The van der Waals surface area contributed by atoms with E-state index in [1.54, 1.807) is 5.38 Å². The van der Waals surface area contributed by atoms with E-state index >= 15 is 0 Å². The zero-order valence-corrected chi connectivity index (χ0v) is 15.4. The summed E-state index contributed by atoms with van der Waals surface area (Å²) in [6.07, 6.45) is 0.0599. The molecule has 0 spiro atoms. The summed E-state index contributed by atoms with van der Waals surface area (Å²) in [6, 6.07) is 11.9. The monoisotopic (exact) mass is 371 g/mol. The van der Waals surface area contributed by atoms with Crippen molar-refractivity contribution in [1.29, 1.82) is 0 Å². The predicted octanol–water partition coefficient (Wildman–Crippen LogP) is 1.71. The normalized spacial score (nSPS) is 11.1. The molecular formula is C18H21N5O2S. The van der Waals surface area contributed by atoms with Crippen molar-refractivity contribution >= 4 is 28.0 Å². The van der Waals surface area contributed by atoms with Crippen molar-refractivity contribution in [2.45, 2.75) is 6.17 Å². The van der Waals surface area contributed by atoms with Gasteiger partial charge in [-0.05, 0) is 31.6 Å². The number of nitrogens with two attached hydrogens (primary N) is 1. The number of hydrazine groups is 1. The van der Waals surface area contributed by atoms with Gasteiger partial charge in [-0.2, -0.15) is 0 Å². The number of carbonyl (C=O) groups excluding carboxylic acids is 1. The molecule has 0 aliphatic heterocycles. The Balaban J connectivity index is 1.97. The number of fused-ring (bicyclic) bond motifs is 1. The van der Waals surface area contributed by atoms with Crippen molar-refractivity contribution in [2.24, 2.45) is 5.84 Å². The van der Waals surface area contributed by atoms with Crippen LogP contribution in [-0.4, -0.2) is 37.8 Å². The molecule has 8 heteroatoms. The minimum atomic E-state index is -0.401. The Hall–Kier alpha value is -2.52. The molecule has 136 valence electrons. The maximum atomic E-state index is 11.7. The molecule has 5 N–H and O–H groups in total. The Morgan fingerprint density at radius 2 is 1.92 bits per heavy atom. The van der Waals surface area contributed by atoms with E-state index in [4.69, 9.17) is 10.6 Å². The molecule has 1 aromatic heterocycles. The number of rotatable bonds is 7. The van der Waals surface area contributed by atoms with Gasteiger partial charge >= 0.3 is 0 Å². The zero-order valence-electron chi connectivity index (χ0n) is 14.6. The molecule has 0 saturated heterocycles. The van der Waals surface area contributed by atoms with Crippen molar-refractivity contribution in [1.82, 2.24) is 21.0 Å². The number of nitrogens with zero attached hydrogens (tertiary/aromatic N) is 1. The van der Waals surface area contributed by atoms with Crippen LogP contribution >= 0.6 is 11.3 Å². The van der Waals surface area contributed by atoms with Gasteiger partial charge in [-0.1, -0.05) is 24.3 Å². The maximum Gasteiger partial charge on any atom is 0.284 e. The fraction of sp³-hybridized carbons (Fsp3) is 0.222. The standard InChI is InChI=1S/C18H21N5O2S/c1-20-16(21-2)9-25-15-8-7-13(11-5-3-4-6-12(11)15)18-22-14(10-26-18)17(24)23-19/h3-8,10,16,20-21H,9,19H2,1-2H3,(H,23,24). The lowest BCUT2D eigenvalue weighted by Crippen LogP contribution is -2.42. The molecule has 2 aromatic carbocycles. The first-order valence-corrected chi connectivity index (χ1v) is 9.01. The van der Waals surface area contributed by atoms with Crippen LogP contribution in [0.25, 0.3) is 21.3 Å². The largest absolute Gasteiger partial charge is 0.490 e. The number of benzene rings is 2. The molecule has 0 saturated carbocycles. The molecule has 0 aliphatic rings. The summed E-state index contributed by atoms with van der Waals surface area (Å²) in [7, 11) is 3.76. The lowest BCUT2D eigenvalue weighted by atomic mass is 10.0. The maximum absolute atomic E-state index is 11.7. The number of hydrogen-bond donors (Lipinski definition) is 4. The van der Waals surface area contributed by atoms with Gasteiger partial charge in [-0.15, -0.1) is 11.3 Å². The third-order valence-corrected chi connectivity index (χ3v) is 4.96. The van der Waals surface area contributed by atoms with Gasteiger partial charge in [0.05, 0.1) is 6.17 Å². The van der Waals surface area contributed by atoms with Crippen molar-refractivity contribution in [3.05, 3.63) is 47.5 Å². The third-order valence-electron chi connectivity index (χ3n) is 4.08. The Morgan fingerprint density at radius 1 is 1.19 bits per heavy atom. The van der Waals surface area contributed by atoms with E-state index in [0.29, 0.717) is 12.3 Å². The van der Waals surface area contributed by atoms with Gasteiger partial charge in [0.2, 0.25) is 0 Å². The van der Waals surface area contributed by atoms with Crippen LogP contribution in [0.3, 0.4) is 0 Å². The molecule has 0 radical (unpaired) electrons. The van der Waals surface area contributed by atoms with Crippen molar-refractivity contribution in [2.75, 3.05) is 20.7 Å². The second-order valence-corrected chi connectivity index (χ2v) is 6.47. The molecule has 0 aliphatic carbocycles. The fourth-order valence-corrected chi connectivity index (χ4v) is 3.48. The first-order chi connectivity index (χ1) is 12.7. The second kappa shape index (κ2) is 8.24. The topological polar surface area (TPSA) is 101 Å². The molecule has 0 fully saturated rings. The molecule has 0 unspecified atom stereocenters. The van der Waals surface area contributed by atoms with Crippen molar-refractivity contribution in [3.63, 3.8) is 0 Å². The van der Waals surface area contributed by atoms with E-state index in [-0.39, 0.29) is 6.17 Å². The average Bonchev–Trinajstić information content (AvgIpc) is 3.18. The SMILES string of the molecule is CNC(COc1ccc(-c2nc(C(=O)NN)cs2)c2ccccc12)NC. The highest BCUT2D eigenvalue weighted by atomic mass is 32.1. The van der Waals surface area contributed by atoms with Crippen LogP contribution in [0.5, 0.6) is 5.75 Å². The van der Waals surface area contributed by atoms with Gasteiger partial charge < -0.3 is 15.4 Å². The Morgan fingerprint density at radius 3 is 2.62 bits per heavy atom. The molecular weight excluding hydrogens is 350 g/mol. The summed E-state index contributed by atoms with van der Waals surface area (Å²) in [5.74, 6) is 5.58. The van der Waals surface area contributed by atoms with Gasteiger partial charge in [0, 0.05) is 16.3 Å². The molecule has 26 heavy (non-hydrogen) atoms. The number of hydrogen-bond acceptors (Lipinski definition) is 7. The average molecular weight is 371 g/mol. The number of nitrogen functional groups attached to an aromatic ring is 1. The molecule has 3 aromatic rings. The lowest BCUT2D eigenvalue weighted by Gasteiger charge is -2.17. The highest BCUT2D eigenvalue weighted by Gasteiger charge is 2.15. The summed E-state index contributed by atoms with van der Waals surface area (Å²) < 4.78 is 5.99. The van der Waals surface area contributed by atoms with E-state index in [1.165, 1.54) is 11.3 Å². The van der Waals surface area contributed by atoms with E-state index in [1.807, 2.05) is 50.5 Å². The van der Waals surface area contributed by atoms with Crippen LogP contribution in [-0.2, 0) is 0 Å². The molecule has 1 heterocycles. The van der Waals surface area contributed by atoms with E-state index in [9.17, 15) is 4.79 Å². The first-order valence-electron chi connectivity index (χ1n) is 8.13. The van der Waals surface area contributed by atoms with Crippen LogP contribution in [0.4, 0.5) is 0 Å². The minimum absolute atomic E-state index is 0.0599. The second-order valence-electron chi connectivity index (χ2n) is 5.61. The van der Waals surface area contributed by atoms with Crippen LogP contribution < -0.4 is 26.6 Å². The highest BCUT2D eigenvalue weighted by molar-refractivity contribution is 7.13. The predicted molar refractivity (Wildman–Crippen MR) is 104 cm³/mol. The summed E-state index contributed by atoms with van der Waals surface area (Å²) in [4.78, 5) is 16.1. The van der Waals surface area contributed by atoms with E-state index in [2.05, 4.69) is 21.0 Å². The Bertz CT molecular complexity index is 907. The number of nitrogens with one attached hydrogen (secondary N) is 3. The van der Waals surface area contributed by atoms with Crippen molar-refractivity contribution in [3.8, 4) is 16.3 Å². The summed E-state index contributed by atoms with van der Waals surface area (Å²) >= 11 is 1.40. The van der Waals surface area contributed by atoms with Crippen LogP contribution in [0, 0.1) is 0 Å². The lowest BCUT2D eigenvalue weighted by molar-refractivity contribution is 0.0949. The van der Waals surface area contributed by atoms with Gasteiger partial charge in [0.15, 0.2) is 0 Å². The molecule has 3 rings (SSSR count). The number of amides is 1. The minimum Gasteiger partial charge on any atom is -0.490 e. The summed E-state index contributed by atoms with van der Waals surface area (Å²) in [5, 5.41) is 10.7. The summed E-state index contributed by atoms with van der Waals surface area (Å²) in [6.45, 7) is 0.494. The van der Waals surface area contributed by atoms with Gasteiger partial charge in [-0.25, -0.2) is 10.8 Å². The number of aromatic nitrogens is 1. The molecule has 1 amide bonds. The number of thiazole rings is 1. The smallest absolute Gasteiger partial charge is 0.284 e. The van der Waals surface area contributed by atoms with Crippen LogP contribution in [0.1, 0.15) is 10.5 Å². The Labute approximate surface area is 155 Å². The summed E-state index contributed by atoms with van der Waals surface area (Å²) in [5.41, 5.74) is 3.36. The number of ether oxygens (including phenoxy) is 1. The zero-order chi connectivity index (χ0) is 18.5. The molecule has 0 bridgehead atoms. The van der Waals surface area contributed by atoms with Crippen LogP contribution in [0.2, 0.25) is 0 Å². The molecule has 7 nitrogen and oxygen atoms in total. The quantitative estimate of drug-likeness (QED) is 0.218.